The number of aromatic nitrogens is 4. The number of rotatable bonds is 5. The maximum Gasteiger partial charge on any atom is 0.418 e. The summed E-state index contributed by atoms with van der Waals surface area (Å²) in [6.45, 7) is -0.0810. The van der Waals surface area contributed by atoms with Crippen LogP contribution >= 0.6 is 11.6 Å². The minimum atomic E-state index is -4.68. The number of pyridine rings is 2. The molecule has 0 amide bonds. The van der Waals surface area contributed by atoms with Crippen molar-refractivity contribution in [3.05, 3.63) is 70.6 Å². The van der Waals surface area contributed by atoms with E-state index in [1.165, 1.54) is 31.5 Å². The van der Waals surface area contributed by atoms with Crippen molar-refractivity contribution in [3.8, 4) is 11.4 Å². The predicted molar refractivity (Wildman–Crippen MR) is 116 cm³/mol. The Morgan fingerprint density at radius 2 is 1.66 bits per heavy atom. The molecule has 0 saturated carbocycles. The Labute approximate surface area is 199 Å². The van der Waals surface area contributed by atoms with Crippen molar-refractivity contribution in [2.24, 2.45) is 0 Å². The van der Waals surface area contributed by atoms with Gasteiger partial charge in [0.05, 0.1) is 27.2 Å². The number of halogens is 7. The molecule has 4 aromatic rings. The first-order valence-electron chi connectivity index (χ1n) is 9.80. The molecule has 1 aromatic carbocycles. The summed E-state index contributed by atoms with van der Waals surface area (Å²) < 4.78 is 85.2. The molecule has 6 nitrogen and oxygen atoms in total. The van der Waals surface area contributed by atoms with Crippen LogP contribution < -0.4 is 5.32 Å². The second-order valence-corrected chi connectivity index (χ2v) is 7.61. The van der Waals surface area contributed by atoms with Crippen LogP contribution in [0.3, 0.4) is 0 Å². The smallest absolute Gasteiger partial charge is 0.377 e. The van der Waals surface area contributed by atoms with Gasteiger partial charge in [-0.05, 0) is 42.5 Å². The molecule has 0 aliphatic heterocycles. The number of hydrogen-bond acceptors (Lipinski definition) is 6. The molecule has 0 atom stereocenters. The summed E-state index contributed by atoms with van der Waals surface area (Å²) in [5.74, 6) is 0.183. The van der Waals surface area contributed by atoms with E-state index in [9.17, 15) is 26.3 Å². The zero-order valence-corrected chi connectivity index (χ0v) is 18.4. The van der Waals surface area contributed by atoms with E-state index in [-0.39, 0.29) is 40.7 Å². The van der Waals surface area contributed by atoms with Gasteiger partial charge in [0.1, 0.15) is 18.1 Å². The molecule has 1 N–H and O–H groups in total. The van der Waals surface area contributed by atoms with Crippen molar-refractivity contribution in [2.75, 3.05) is 12.4 Å². The fourth-order valence-electron chi connectivity index (χ4n) is 3.27. The molecule has 0 unspecified atom stereocenters. The van der Waals surface area contributed by atoms with Crippen molar-refractivity contribution in [1.29, 1.82) is 0 Å². The quantitative estimate of drug-likeness (QED) is 0.301. The van der Waals surface area contributed by atoms with E-state index < -0.39 is 34.2 Å². The van der Waals surface area contributed by atoms with Gasteiger partial charge in [-0.25, -0.2) is 15.0 Å². The van der Waals surface area contributed by atoms with Gasteiger partial charge in [-0.3, -0.25) is 4.98 Å². The second-order valence-electron chi connectivity index (χ2n) is 7.20. The highest BCUT2D eigenvalue weighted by Gasteiger charge is 2.35. The monoisotopic (exact) mass is 513 g/mol. The van der Waals surface area contributed by atoms with Crippen LogP contribution in [0.1, 0.15) is 17.0 Å². The van der Waals surface area contributed by atoms with Gasteiger partial charge in [0.2, 0.25) is 0 Å². The third-order valence-electron chi connectivity index (χ3n) is 4.77. The van der Waals surface area contributed by atoms with E-state index in [4.69, 9.17) is 16.3 Å². The lowest BCUT2D eigenvalue weighted by Gasteiger charge is -2.15. The van der Waals surface area contributed by atoms with Gasteiger partial charge in [-0.1, -0.05) is 11.6 Å². The second kappa shape index (κ2) is 9.27. The van der Waals surface area contributed by atoms with E-state index in [1.807, 2.05) is 0 Å². The molecule has 0 aliphatic carbocycles. The van der Waals surface area contributed by atoms with E-state index >= 15 is 0 Å². The Bertz CT molecular complexity index is 1390. The zero-order valence-electron chi connectivity index (χ0n) is 17.7. The lowest BCUT2D eigenvalue weighted by molar-refractivity contribution is -0.138. The Balaban J connectivity index is 1.83. The molecule has 3 heterocycles. The first-order valence-corrected chi connectivity index (χ1v) is 10.2. The lowest BCUT2D eigenvalue weighted by Crippen LogP contribution is -2.09. The summed E-state index contributed by atoms with van der Waals surface area (Å²) in [6, 6.07) is 7.98. The molecule has 0 saturated heterocycles. The minimum Gasteiger partial charge on any atom is -0.377 e. The number of hydrogen-bond donors (Lipinski definition) is 1. The third kappa shape index (κ3) is 5.28. The molecule has 0 spiro atoms. The van der Waals surface area contributed by atoms with Gasteiger partial charge < -0.3 is 10.1 Å². The van der Waals surface area contributed by atoms with Gasteiger partial charge in [0, 0.05) is 19.0 Å². The molecule has 0 radical (unpaired) electrons. The fraction of sp³-hybridized carbons (Fsp3) is 0.182. The zero-order chi connectivity index (χ0) is 25.4. The van der Waals surface area contributed by atoms with Crippen molar-refractivity contribution in [2.45, 2.75) is 19.0 Å². The molecule has 0 fully saturated rings. The summed E-state index contributed by atoms with van der Waals surface area (Å²) in [6.07, 6.45) is -8.14. The normalized spacial score (nSPS) is 12.2. The van der Waals surface area contributed by atoms with Crippen LogP contribution in [0.15, 0.2) is 48.7 Å². The summed E-state index contributed by atoms with van der Waals surface area (Å²) in [7, 11) is 1.38. The molecule has 0 aliphatic rings. The minimum absolute atomic E-state index is 0.00386. The largest absolute Gasteiger partial charge is 0.418 e. The van der Waals surface area contributed by atoms with Crippen molar-refractivity contribution >= 4 is 34.1 Å². The highest BCUT2D eigenvalue weighted by atomic mass is 35.5. The third-order valence-corrected chi connectivity index (χ3v) is 5.10. The molecule has 0 bridgehead atoms. The van der Waals surface area contributed by atoms with Gasteiger partial charge >= 0.3 is 12.4 Å². The first kappa shape index (κ1) is 24.6. The molecular weight excluding hydrogens is 500 g/mol. The number of fused-ring (bicyclic) bond motifs is 1. The molecule has 35 heavy (non-hydrogen) atoms. The Morgan fingerprint density at radius 3 is 2.34 bits per heavy atom. The van der Waals surface area contributed by atoms with Crippen LogP contribution in [0.2, 0.25) is 5.02 Å². The average Bonchev–Trinajstić information content (AvgIpc) is 2.79. The van der Waals surface area contributed by atoms with Gasteiger partial charge in [0.15, 0.2) is 11.5 Å². The number of benzene rings is 1. The molecule has 182 valence electrons. The topological polar surface area (TPSA) is 72.8 Å². The standard InChI is InChI=1S/C22H14ClF6N5O/c1-35-10-17-33-19(31-11-4-6-15(23)14(9-11)22(27,28)29)12-5-7-16(32-20(12)34-17)18-13(21(24,25)26)3-2-8-30-18/h2-9H,10H2,1H3,(H,31,32,33,34). The summed E-state index contributed by atoms with van der Waals surface area (Å²) >= 11 is 5.68. The van der Waals surface area contributed by atoms with Crippen LogP contribution in [0.5, 0.6) is 0 Å². The van der Waals surface area contributed by atoms with Gasteiger partial charge in [-0.2, -0.15) is 26.3 Å². The Morgan fingerprint density at radius 1 is 0.914 bits per heavy atom. The van der Waals surface area contributed by atoms with Crippen molar-refractivity contribution in [3.63, 3.8) is 0 Å². The number of alkyl halides is 6. The summed E-state index contributed by atoms with van der Waals surface area (Å²) in [5.41, 5.74) is -2.48. The van der Waals surface area contributed by atoms with E-state index in [2.05, 4.69) is 25.3 Å². The molecule has 4 rings (SSSR count). The Hall–Kier alpha value is -3.51. The maximum absolute atomic E-state index is 13.5. The van der Waals surface area contributed by atoms with Crippen molar-refractivity contribution in [1.82, 2.24) is 19.9 Å². The van der Waals surface area contributed by atoms with E-state index in [0.29, 0.717) is 0 Å². The average molecular weight is 514 g/mol. The van der Waals surface area contributed by atoms with Gasteiger partial charge in [0.25, 0.3) is 0 Å². The van der Waals surface area contributed by atoms with Crippen LogP contribution in [0.25, 0.3) is 22.4 Å². The number of anilines is 2. The Kier molecular flexibility index (Phi) is 6.52. The van der Waals surface area contributed by atoms with E-state index in [1.54, 1.807) is 0 Å². The number of methoxy groups -OCH3 is 1. The highest BCUT2D eigenvalue weighted by Crippen LogP contribution is 2.38. The van der Waals surface area contributed by atoms with E-state index in [0.717, 1.165) is 24.3 Å². The highest BCUT2D eigenvalue weighted by molar-refractivity contribution is 6.31. The fourth-order valence-corrected chi connectivity index (χ4v) is 3.50. The van der Waals surface area contributed by atoms with Gasteiger partial charge in [-0.15, -0.1) is 0 Å². The van der Waals surface area contributed by atoms with Crippen LogP contribution in [0, 0.1) is 0 Å². The van der Waals surface area contributed by atoms with Crippen molar-refractivity contribution < 1.29 is 31.1 Å². The molecular formula is C22H14ClF6N5O. The summed E-state index contributed by atoms with van der Waals surface area (Å²) in [5, 5.41) is 2.56. The van der Waals surface area contributed by atoms with Crippen LogP contribution in [-0.2, 0) is 23.7 Å². The maximum atomic E-state index is 13.5. The number of ether oxygens (including phenoxy) is 1. The first-order chi connectivity index (χ1) is 16.5. The predicted octanol–water partition coefficient (Wildman–Crippen LogP) is 6.67. The lowest BCUT2D eigenvalue weighted by atomic mass is 10.1. The number of nitrogens with one attached hydrogen (secondary N) is 1. The van der Waals surface area contributed by atoms with Crippen LogP contribution in [0.4, 0.5) is 37.8 Å². The summed E-state index contributed by atoms with van der Waals surface area (Å²) in [4.78, 5) is 16.5. The number of nitrogens with zero attached hydrogens (tertiary/aromatic N) is 4. The van der Waals surface area contributed by atoms with Crippen LogP contribution in [-0.4, -0.2) is 27.0 Å². The molecule has 13 heteroatoms. The SMILES string of the molecule is COCc1nc(Nc2ccc(Cl)c(C(F)(F)F)c2)c2ccc(-c3ncccc3C(F)(F)F)nc2n1. The molecule has 3 aromatic heterocycles.